The molecule has 138 valence electrons. The molecule has 0 spiro atoms. The highest BCUT2D eigenvalue weighted by Crippen LogP contribution is 2.38. The van der Waals surface area contributed by atoms with E-state index in [2.05, 4.69) is 31.3 Å². The number of rotatable bonds is 4. The van der Waals surface area contributed by atoms with E-state index in [1.54, 1.807) is 16.8 Å². The zero-order chi connectivity index (χ0) is 19.0. The van der Waals surface area contributed by atoms with E-state index in [0.29, 0.717) is 11.5 Å². The Balaban J connectivity index is 1.83. The van der Waals surface area contributed by atoms with Gasteiger partial charge in [-0.1, -0.05) is 45.8 Å². The first-order chi connectivity index (χ1) is 13.0. The van der Waals surface area contributed by atoms with Gasteiger partial charge in [-0.15, -0.1) is 0 Å². The standard InChI is InChI=1S/C19H15BrF2N4O/c1-11-2-4-12(5-3-11)15-9-16(26-19(25-15)23-10-24-26)14-8-13(20)6-7-17(14)27-18(21)22/h2-10,16,18H,1H3,(H,23,24,25)/t16-/m0/s1. The Morgan fingerprint density at radius 3 is 2.70 bits per heavy atom. The van der Waals surface area contributed by atoms with E-state index in [1.807, 2.05) is 37.3 Å². The lowest BCUT2D eigenvalue weighted by molar-refractivity contribution is -0.0506. The Morgan fingerprint density at radius 2 is 1.96 bits per heavy atom. The van der Waals surface area contributed by atoms with Gasteiger partial charge < -0.3 is 10.1 Å². The molecule has 1 N–H and O–H groups in total. The minimum Gasteiger partial charge on any atom is -0.434 e. The highest BCUT2D eigenvalue weighted by molar-refractivity contribution is 9.10. The maximum atomic E-state index is 12.9. The summed E-state index contributed by atoms with van der Waals surface area (Å²) < 4.78 is 32.9. The Bertz CT molecular complexity index is 1000. The first-order valence-electron chi connectivity index (χ1n) is 8.21. The van der Waals surface area contributed by atoms with Crippen molar-refractivity contribution in [2.75, 3.05) is 5.32 Å². The zero-order valence-electron chi connectivity index (χ0n) is 14.2. The summed E-state index contributed by atoms with van der Waals surface area (Å²) in [5, 5.41) is 7.48. The second-order valence-corrected chi connectivity index (χ2v) is 7.02. The fraction of sp³-hybridized carbons (Fsp3) is 0.158. The van der Waals surface area contributed by atoms with Crippen LogP contribution in [0.15, 0.2) is 59.3 Å². The lowest BCUT2D eigenvalue weighted by Crippen LogP contribution is -2.21. The van der Waals surface area contributed by atoms with Crippen LogP contribution in [0.1, 0.15) is 22.7 Å². The zero-order valence-corrected chi connectivity index (χ0v) is 15.8. The number of allylic oxidation sites excluding steroid dienone is 1. The van der Waals surface area contributed by atoms with Crippen molar-refractivity contribution in [2.45, 2.75) is 19.6 Å². The largest absolute Gasteiger partial charge is 0.434 e. The van der Waals surface area contributed by atoms with Crippen LogP contribution in [-0.4, -0.2) is 21.4 Å². The van der Waals surface area contributed by atoms with Crippen LogP contribution in [0.4, 0.5) is 14.7 Å². The van der Waals surface area contributed by atoms with Crippen molar-refractivity contribution in [2.24, 2.45) is 0 Å². The molecule has 0 fully saturated rings. The lowest BCUT2D eigenvalue weighted by Gasteiger charge is -2.26. The van der Waals surface area contributed by atoms with Crippen molar-refractivity contribution in [1.82, 2.24) is 14.8 Å². The van der Waals surface area contributed by atoms with Gasteiger partial charge in [0.25, 0.3) is 0 Å². The molecule has 2 aromatic carbocycles. The van der Waals surface area contributed by atoms with Gasteiger partial charge in [-0.25, -0.2) is 4.68 Å². The first-order valence-corrected chi connectivity index (χ1v) is 9.00. The van der Waals surface area contributed by atoms with E-state index < -0.39 is 12.7 Å². The summed E-state index contributed by atoms with van der Waals surface area (Å²) in [5.41, 5.74) is 3.49. The third-order valence-electron chi connectivity index (χ3n) is 4.28. The normalized spacial score (nSPS) is 15.9. The molecule has 1 aliphatic heterocycles. The lowest BCUT2D eigenvalue weighted by atomic mass is 10.0. The van der Waals surface area contributed by atoms with Crippen LogP contribution in [-0.2, 0) is 0 Å². The minimum atomic E-state index is -2.91. The second-order valence-electron chi connectivity index (χ2n) is 6.11. The van der Waals surface area contributed by atoms with Crippen LogP contribution in [0.5, 0.6) is 5.75 Å². The van der Waals surface area contributed by atoms with Crippen molar-refractivity contribution in [3.63, 3.8) is 0 Å². The van der Waals surface area contributed by atoms with Gasteiger partial charge in [0.1, 0.15) is 18.1 Å². The highest BCUT2D eigenvalue weighted by atomic mass is 79.9. The molecule has 0 aliphatic carbocycles. The van der Waals surface area contributed by atoms with Gasteiger partial charge in [0.15, 0.2) is 0 Å². The molecule has 2 heterocycles. The van der Waals surface area contributed by atoms with Gasteiger partial charge in [0, 0.05) is 15.7 Å². The molecule has 0 saturated carbocycles. The summed E-state index contributed by atoms with van der Waals surface area (Å²) in [6, 6.07) is 12.5. The molecule has 5 nitrogen and oxygen atoms in total. The molecule has 0 amide bonds. The number of alkyl halides is 2. The molecule has 4 rings (SSSR count). The Morgan fingerprint density at radius 1 is 1.19 bits per heavy atom. The van der Waals surface area contributed by atoms with Crippen molar-refractivity contribution in [1.29, 1.82) is 0 Å². The smallest absolute Gasteiger partial charge is 0.387 e. The van der Waals surface area contributed by atoms with Crippen LogP contribution in [0.3, 0.4) is 0 Å². The van der Waals surface area contributed by atoms with Gasteiger partial charge in [-0.2, -0.15) is 18.9 Å². The number of anilines is 1. The summed E-state index contributed by atoms with van der Waals surface area (Å²) in [4.78, 5) is 4.24. The Hall–Kier alpha value is -2.74. The highest BCUT2D eigenvalue weighted by Gasteiger charge is 2.27. The number of hydrogen-bond acceptors (Lipinski definition) is 4. The second kappa shape index (κ2) is 7.11. The van der Waals surface area contributed by atoms with Gasteiger partial charge in [-0.3, -0.25) is 0 Å². The molecular weight excluding hydrogens is 418 g/mol. The average Bonchev–Trinajstić information content (AvgIpc) is 3.11. The number of benzene rings is 2. The van der Waals surface area contributed by atoms with Crippen LogP contribution in [0, 0.1) is 6.92 Å². The van der Waals surface area contributed by atoms with Crippen molar-refractivity contribution < 1.29 is 13.5 Å². The van der Waals surface area contributed by atoms with Gasteiger partial charge in [0.05, 0.1) is 0 Å². The molecule has 0 unspecified atom stereocenters. The van der Waals surface area contributed by atoms with E-state index >= 15 is 0 Å². The third kappa shape index (κ3) is 3.57. The molecule has 0 radical (unpaired) electrons. The maximum absolute atomic E-state index is 12.9. The molecule has 8 heteroatoms. The topological polar surface area (TPSA) is 52.0 Å². The van der Waals surface area contributed by atoms with Crippen molar-refractivity contribution in [3.8, 4) is 5.75 Å². The summed E-state index contributed by atoms with van der Waals surface area (Å²) >= 11 is 3.40. The summed E-state index contributed by atoms with van der Waals surface area (Å²) in [5.74, 6) is 0.627. The summed E-state index contributed by atoms with van der Waals surface area (Å²) in [6.07, 6.45) is 3.35. The van der Waals surface area contributed by atoms with Gasteiger partial charge >= 0.3 is 6.61 Å². The van der Waals surface area contributed by atoms with Crippen LogP contribution < -0.4 is 10.1 Å². The first kappa shape index (κ1) is 17.7. The number of fused-ring (bicyclic) bond motifs is 1. The quantitative estimate of drug-likeness (QED) is 0.629. The molecule has 27 heavy (non-hydrogen) atoms. The monoisotopic (exact) mass is 432 g/mol. The van der Waals surface area contributed by atoms with Crippen molar-refractivity contribution in [3.05, 3.63) is 76.0 Å². The fourth-order valence-electron chi connectivity index (χ4n) is 3.01. The maximum Gasteiger partial charge on any atom is 0.387 e. The minimum absolute atomic E-state index is 0.0982. The summed E-state index contributed by atoms with van der Waals surface area (Å²) in [6.45, 7) is -0.899. The molecule has 0 saturated heterocycles. The van der Waals surface area contributed by atoms with E-state index in [-0.39, 0.29) is 5.75 Å². The fourth-order valence-corrected chi connectivity index (χ4v) is 3.39. The predicted molar refractivity (Wildman–Crippen MR) is 102 cm³/mol. The SMILES string of the molecule is Cc1ccc(C2=C[C@@H](c3cc(Br)ccc3OC(F)F)n3ncnc3N2)cc1. The van der Waals surface area contributed by atoms with E-state index in [9.17, 15) is 8.78 Å². The molecule has 0 bridgehead atoms. The molecule has 1 atom stereocenters. The summed E-state index contributed by atoms with van der Waals surface area (Å²) in [7, 11) is 0. The molecule has 1 aliphatic rings. The average molecular weight is 433 g/mol. The molecular formula is C19H15BrF2N4O. The van der Waals surface area contributed by atoms with Crippen LogP contribution in [0.2, 0.25) is 0 Å². The van der Waals surface area contributed by atoms with Crippen LogP contribution >= 0.6 is 15.9 Å². The Kier molecular flexibility index (Phi) is 4.65. The predicted octanol–water partition coefficient (Wildman–Crippen LogP) is 5.01. The number of aryl methyl sites for hydroxylation is 1. The van der Waals surface area contributed by atoms with E-state index in [0.717, 1.165) is 21.3 Å². The number of hydrogen-bond donors (Lipinski definition) is 1. The van der Waals surface area contributed by atoms with Crippen molar-refractivity contribution >= 4 is 27.6 Å². The number of aromatic nitrogens is 3. The van der Waals surface area contributed by atoms with Crippen LogP contribution in [0.25, 0.3) is 5.70 Å². The number of ether oxygens (including phenoxy) is 1. The Labute approximate surface area is 162 Å². The van der Waals surface area contributed by atoms with Gasteiger partial charge in [0.2, 0.25) is 5.95 Å². The number of nitrogens with one attached hydrogen (secondary N) is 1. The van der Waals surface area contributed by atoms with E-state index in [4.69, 9.17) is 4.74 Å². The van der Waals surface area contributed by atoms with E-state index in [1.165, 1.54) is 12.4 Å². The number of nitrogens with zero attached hydrogens (tertiary/aromatic N) is 3. The molecule has 3 aromatic rings. The van der Waals surface area contributed by atoms with Gasteiger partial charge in [-0.05, 0) is 36.8 Å². The third-order valence-corrected chi connectivity index (χ3v) is 4.77. The number of halogens is 3. The molecule has 1 aromatic heterocycles.